The van der Waals surface area contributed by atoms with E-state index in [1.54, 1.807) is 53.7 Å². The lowest BCUT2D eigenvalue weighted by molar-refractivity contribution is -0.384. The second-order valence-electron chi connectivity index (χ2n) is 8.48. The molecule has 0 aromatic heterocycles. The number of carbonyl (C=O) groups excluding carboxylic acids is 2. The van der Waals surface area contributed by atoms with E-state index in [1.807, 2.05) is 0 Å². The number of esters is 2. The van der Waals surface area contributed by atoms with Crippen molar-refractivity contribution < 1.29 is 24.0 Å². The zero-order chi connectivity index (χ0) is 20.8. The number of ether oxygens (including phenoxy) is 2. The molecular formula is C20H29NO6. The van der Waals surface area contributed by atoms with Gasteiger partial charge in [-0.05, 0) is 59.9 Å². The van der Waals surface area contributed by atoms with Gasteiger partial charge in [-0.2, -0.15) is 0 Å². The Morgan fingerprint density at radius 2 is 1.52 bits per heavy atom. The lowest BCUT2D eigenvalue weighted by Crippen LogP contribution is -2.31. The first-order valence-electron chi connectivity index (χ1n) is 8.95. The van der Waals surface area contributed by atoms with Gasteiger partial charge in [-0.3, -0.25) is 19.7 Å². The monoisotopic (exact) mass is 379 g/mol. The Hall–Kier alpha value is -2.44. The number of hydrogen-bond donors (Lipinski definition) is 0. The van der Waals surface area contributed by atoms with Gasteiger partial charge in [-0.25, -0.2) is 0 Å². The van der Waals surface area contributed by atoms with Crippen molar-refractivity contribution in [1.82, 2.24) is 0 Å². The maximum Gasteiger partial charge on any atom is 0.309 e. The van der Waals surface area contributed by atoms with Gasteiger partial charge in [0.1, 0.15) is 11.2 Å². The average molecular weight is 379 g/mol. The second kappa shape index (κ2) is 8.97. The largest absolute Gasteiger partial charge is 0.460 e. The quantitative estimate of drug-likeness (QED) is 0.400. The van der Waals surface area contributed by atoms with Crippen LogP contribution in [-0.4, -0.2) is 28.1 Å². The molecule has 1 aromatic rings. The second-order valence-corrected chi connectivity index (χ2v) is 8.48. The van der Waals surface area contributed by atoms with Gasteiger partial charge >= 0.3 is 11.9 Å². The lowest BCUT2D eigenvalue weighted by atomic mass is 9.94. The summed E-state index contributed by atoms with van der Waals surface area (Å²) >= 11 is 0. The van der Waals surface area contributed by atoms with Gasteiger partial charge < -0.3 is 9.47 Å². The number of nitro benzene ring substituents is 1. The Labute approximate surface area is 160 Å². The average Bonchev–Trinajstić information content (AvgIpc) is 2.48. The number of nitro groups is 1. The van der Waals surface area contributed by atoms with E-state index in [4.69, 9.17) is 9.47 Å². The van der Waals surface area contributed by atoms with E-state index < -0.39 is 28.0 Å². The molecule has 0 aliphatic carbocycles. The summed E-state index contributed by atoms with van der Waals surface area (Å²) in [4.78, 5) is 34.8. The van der Waals surface area contributed by atoms with Crippen LogP contribution >= 0.6 is 0 Å². The molecule has 0 saturated heterocycles. The van der Waals surface area contributed by atoms with Gasteiger partial charge in [0.05, 0.1) is 10.8 Å². The Bertz CT molecular complexity index is 667. The summed E-state index contributed by atoms with van der Waals surface area (Å²) in [5, 5.41) is 10.8. The fourth-order valence-corrected chi connectivity index (χ4v) is 2.41. The van der Waals surface area contributed by atoms with Crippen molar-refractivity contribution in [2.24, 2.45) is 5.92 Å². The molecule has 0 radical (unpaired) electrons. The smallest absolute Gasteiger partial charge is 0.309 e. The summed E-state index contributed by atoms with van der Waals surface area (Å²) in [5.74, 6) is -1.32. The van der Waals surface area contributed by atoms with Crippen LogP contribution in [0.3, 0.4) is 0 Å². The van der Waals surface area contributed by atoms with Crippen LogP contribution in [0, 0.1) is 16.0 Å². The van der Waals surface area contributed by atoms with Crippen molar-refractivity contribution >= 4 is 17.6 Å². The maximum atomic E-state index is 12.6. The van der Waals surface area contributed by atoms with Crippen molar-refractivity contribution in [2.75, 3.05) is 0 Å². The normalized spacial score (nSPS) is 13.0. The van der Waals surface area contributed by atoms with Gasteiger partial charge in [-0.1, -0.05) is 12.1 Å². The fraction of sp³-hybridized carbons (Fsp3) is 0.600. The molecule has 0 aliphatic heterocycles. The number of non-ortho nitro benzene ring substituents is 1. The third kappa shape index (κ3) is 9.17. The summed E-state index contributed by atoms with van der Waals surface area (Å²) in [6.45, 7) is 10.7. The minimum absolute atomic E-state index is 0.0127. The van der Waals surface area contributed by atoms with Crippen LogP contribution in [-0.2, 0) is 25.5 Å². The van der Waals surface area contributed by atoms with E-state index in [-0.39, 0.29) is 24.5 Å². The molecule has 0 spiro atoms. The maximum absolute atomic E-state index is 12.6. The van der Waals surface area contributed by atoms with Gasteiger partial charge in [-0.15, -0.1) is 0 Å². The highest BCUT2D eigenvalue weighted by Gasteiger charge is 2.27. The van der Waals surface area contributed by atoms with E-state index in [9.17, 15) is 19.7 Å². The highest BCUT2D eigenvalue weighted by Crippen LogP contribution is 2.22. The Morgan fingerprint density at radius 1 is 1.00 bits per heavy atom. The highest BCUT2D eigenvalue weighted by molar-refractivity contribution is 5.75. The van der Waals surface area contributed by atoms with E-state index in [2.05, 4.69) is 0 Å². The molecule has 0 amide bonds. The molecule has 0 heterocycles. The molecule has 1 atom stereocenters. The van der Waals surface area contributed by atoms with Gasteiger partial charge in [0.15, 0.2) is 0 Å². The van der Waals surface area contributed by atoms with Crippen LogP contribution in [0.1, 0.15) is 59.9 Å². The van der Waals surface area contributed by atoms with E-state index in [0.29, 0.717) is 6.42 Å². The molecule has 1 rings (SSSR count). The van der Waals surface area contributed by atoms with Crippen molar-refractivity contribution in [2.45, 2.75) is 72.0 Å². The predicted octanol–water partition coefficient (Wildman–Crippen LogP) is 4.22. The van der Waals surface area contributed by atoms with Gasteiger partial charge in [0, 0.05) is 18.6 Å². The van der Waals surface area contributed by atoms with Crippen LogP contribution in [0.5, 0.6) is 0 Å². The van der Waals surface area contributed by atoms with Crippen molar-refractivity contribution in [3.63, 3.8) is 0 Å². The number of benzene rings is 1. The molecule has 27 heavy (non-hydrogen) atoms. The minimum Gasteiger partial charge on any atom is -0.460 e. The summed E-state index contributed by atoms with van der Waals surface area (Å²) in [6, 6.07) is 6.02. The molecule has 0 fully saturated rings. The summed E-state index contributed by atoms with van der Waals surface area (Å²) in [7, 11) is 0. The summed E-state index contributed by atoms with van der Waals surface area (Å²) < 4.78 is 10.8. The first-order valence-corrected chi connectivity index (χ1v) is 8.95. The molecular weight excluding hydrogens is 350 g/mol. The summed E-state index contributed by atoms with van der Waals surface area (Å²) in [6.07, 6.45) is 0.699. The molecule has 150 valence electrons. The molecule has 0 saturated carbocycles. The van der Waals surface area contributed by atoms with E-state index in [0.717, 1.165) is 5.56 Å². The SMILES string of the molecule is CC(C)(C)OC(=O)CCC(Cc1ccc([N+](=O)[O-])cc1)C(=O)OC(C)(C)C. The van der Waals surface area contributed by atoms with Crippen molar-refractivity contribution in [1.29, 1.82) is 0 Å². The third-order valence-corrected chi connectivity index (χ3v) is 3.49. The molecule has 7 nitrogen and oxygen atoms in total. The third-order valence-electron chi connectivity index (χ3n) is 3.49. The number of nitrogens with zero attached hydrogens (tertiary/aromatic N) is 1. The highest BCUT2D eigenvalue weighted by atomic mass is 16.6. The van der Waals surface area contributed by atoms with Crippen LogP contribution in [0.25, 0.3) is 0 Å². The number of hydrogen-bond acceptors (Lipinski definition) is 6. The molecule has 7 heteroatoms. The minimum atomic E-state index is -0.642. The van der Waals surface area contributed by atoms with Crippen molar-refractivity contribution in [3.8, 4) is 0 Å². The zero-order valence-corrected chi connectivity index (χ0v) is 16.9. The standard InChI is InChI=1S/C20H29NO6/c1-19(2,3)26-17(22)12-9-15(18(23)27-20(4,5)6)13-14-7-10-16(11-8-14)21(24)25/h7-8,10-11,15H,9,12-13H2,1-6H3. The first kappa shape index (κ1) is 22.6. The zero-order valence-electron chi connectivity index (χ0n) is 16.9. The van der Waals surface area contributed by atoms with Gasteiger partial charge in [0.2, 0.25) is 0 Å². The Balaban J connectivity index is 2.85. The molecule has 0 N–H and O–H groups in total. The fourth-order valence-electron chi connectivity index (χ4n) is 2.41. The molecule has 1 aromatic carbocycles. The van der Waals surface area contributed by atoms with Crippen molar-refractivity contribution in [3.05, 3.63) is 39.9 Å². The van der Waals surface area contributed by atoms with Crippen LogP contribution in [0.2, 0.25) is 0 Å². The van der Waals surface area contributed by atoms with Crippen LogP contribution in [0.4, 0.5) is 5.69 Å². The first-order chi connectivity index (χ1) is 12.3. The number of rotatable bonds is 7. The Kier molecular flexibility index (Phi) is 7.51. The topological polar surface area (TPSA) is 95.7 Å². The predicted molar refractivity (Wildman–Crippen MR) is 101 cm³/mol. The molecule has 0 aliphatic rings. The van der Waals surface area contributed by atoms with Crippen LogP contribution < -0.4 is 0 Å². The lowest BCUT2D eigenvalue weighted by Gasteiger charge is -2.24. The summed E-state index contributed by atoms with van der Waals surface area (Å²) in [5.41, 5.74) is -0.477. The Morgan fingerprint density at radius 3 is 1.96 bits per heavy atom. The number of carbonyl (C=O) groups is 2. The van der Waals surface area contributed by atoms with Gasteiger partial charge in [0.25, 0.3) is 5.69 Å². The van der Waals surface area contributed by atoms with E-state index >= 15 is 0 Å². The van der Waals surface area contributed by atoms with Crippen LogP contribution in [0.15, 0.2) is 24.3 Å². The van der Waals surface area contributed by atoms with E-state index in [1.165, 1.54) is 12.1 Å². The molecule has 1 unspecified atom stereocenters. The molecule has 0 bridgehead atoms.